The van der Waals surface area contributed by atoms with Crippen LogP contribution in [0.3, 0.4) is 0 Å². The summed E-state index contributed by atoms with van der Waals surface area (Å²) in [7, 11) is -0.423. The van der Waals surface area contributed by atoms with Crippen LogP contribution in [-0.4, -0.2) is 44.4 Å². The van der Waals surface area contributed by atoms with E-state index in [9.17, 15) is 8.42 Å². The highest BCUT2D eigenvalue weighted by atomic mass is 32.2. The summed E-state index contributed by atoms with van der Waals surface area (Å²) in [5.41, 5.74) is 5.53. The summed E-state index contributed by atoms with van der Waals surface area (Å²) >= 11 is 0. The third kappa shape index (κ3) is 4.15. The van der Waals surface area contributed by atoms with Gasteiger partial charge in [-0.3, -0.25) is 0 Å². The zero-order chi connectivity index (χ0) is 14.5. The third-order valence-electron chi connectivity index (χ3n) is 2.87. The van der Waals surface area contributed by atoms with Gasteiger partial charge in [-0.05, 0) is 31.5 Å². The zero-order valence-corrected chi connectivity index (χ0v) is 12.4. The van der Waals surface area contributed by atoms with E-state index >= 15 is 0 Å². The Morgan fingerprint density at radius 1 is 1.42 bits per heavy atom. The summed E-state index contributed by atoms with van der Waals surface area (Å²) in [4.78, 5) is 4.33. The predicted molar refractivity (Wildman–Crippen MR) is 76.5 cm³/mol. The van der Waals surface area contributed by atoms with Crippen molar-refractivity contribution in [3.63, 3.8) is 0 Å². The molecule has 0 bridgehead atoms. The van der Waals surface area contributed by atoms with Gasteiger partial charge in [0, 0.05) is 26.3 Å². The van der Waals surface area contributed by atoms with Crippen molar-refractivity contribution in [3.05, 3.63) is 18.3 Å². The van der Waals surface area contributed by atoms with Crippen LogP contribution < -0.4 is 11.1 Å². The number of sulfonamides is 1. The van der Waals surface area contributed by atoms with Crippen molar-refractivity contribution in [1.82, 2.24) is 9.29 Å². The van der Waals surface area contributed by atoms with Crippen LogP contribution in [0.5, 0.6) is 0 Å². The van der Waals surface area contributed by atoms with Gasteiger partial charge in [-0.2, -0.15) is 0 Å². The minimum Gasteiger partial charge on any atom is -0.367 e. The average Bonchev–Trinajstić information content (AvgIpc) is 2.38. The molecule has 7 heteroatoms. The van der Waals surface area contributed by atoms with Crippen molar-refractivity contribution in [2.24, 2.45) is 5.73 Å². The number of rotatable bonds is 7. The van der Waals surface area contributed by atoms with Crippen LogP contribution >= 0.6 is 0 Å². The summed E-state index contributed by atoms with van der Waals surface area (Å²) in [5, 5.41) is 3.24. The quantitative estimate of drug-likeness (QED) is 0.776. The van der Waals surface area contributed by atoms with Gasteiger partial charge >= 0.3 is 0 Å². The molecule has 0 aliphatic carbocycles. The molecule has 0 fully saturated rings. The van der Waals surface area contributed by atoms with Crippen molar-refractivity contribution in [3.8, 4) is 0 Å². The van der Waals surface area contributed by atoms with Crippen LogP contribution in [0.15, 0.2) is 23.2 Å². The number of pyridine rings is 1. The van der Waals surface area contributed by atoms with Gasteiger partial charge in [0.25, 0.3) is 0 Å². The van der Waals surface area contributed by atoms with Crippen molar-refractivity contribution in [2.45, 2.75) is 30.7 Å². The molecule has 19 heavy (non-hydrogen) atoms. The van der Waals surface area contributed by atoms with Gasteiger partial charge in [-0.1, -0.05) is 6.92 Å². The van der Waals surface area contributed by atoms with Gasteiger partial charge in [0.05, 0.1) is 0 Å². The first-order chi connectivity index (χ1) is 8.91. The van der Waals surface area contributed by atoms with Crippen LogP contribution in [0, 0.1) is 0 Å². The van der Waals surface area contributed by atoms with Crippen LogP contribution in [0.4, 0.5) is 5.82 Å². The fourth-order valence-electron chi connectivity index (χ4n) is 1.62. The summed E-state index contributed by atoms with van der Waals surface area (Å²) in [6, 6.07) is 3.49. The van der Waals surface area contributed by atoms with Crippen molar-refractivity contribution < 1.29 is 8.42 Å². The Bertz CT molecular complexity index is 485. The van der Waals surface area contributed by atoms with Crippen LogP contribution in [0.25, 0.3) is 0 Å². The molecule has 0 amide bonds. The number of nitrogens with two attached hydrogens (primary N) is 1. The van der Waals surface area contributed by atoms with Gasteiger partial charge in [0.15, 0.2) is 0 Å². The lowest BCUT2D eigenvalue weighted by molar-refractivity contribution is 0.520. The third-order valence-corrected chi connectivity index (χ3v) is 4.67. The Balaban J connectivity index is 2.82. The molecule has 0 radical (unpaired) electrons. The number of nitrogens with one attached hydrogen (secondary N) is 1. The molecular formula is C12H22N4O2S. The minimum atomic E-state index is -3.41. The van der Waals surface area contributed by atoms with Crippen LogP contribution in [-0.2, 0) is 10.0 Å². The van der Waals surface area contributed by atoms with Crippen molar-refractivity contribution in [2.75, 3.05) is 26.0 Å². The monoisotopic (exact) mass is 286 g/mol. The van der Waals surface area contributed by atoms with E-state index < -0.39 is 10.0 Å². The maximum Gasteiger partial charge on any atom is 0.244 e. The Hall–Kier alpha value is -1.18. The van der Waals surface area contributed by atoms with E-state index in [2.05, 4.69) is 17.2 Å². The molecule has 0 aromatic carbocycles. The zero-order valence-electron chi connectivity index (χ0n) is 11.6. The molecule has 1 unspecified atom stereocenters. The normalized spacial score (nSPS) is 13.5. The highest BCUT2D eigenvalue weighted by Crippen LogP contribution is 2.15. The molecule has 1 rings (SSSR count). The lowest BCUT2D eigenvalue weighted by Crippen LogP contribution is -2.24. The Morgan fingerprint density at radius 3 is 2.53 bits per heavy atom. The Labute approximate surface area is 115 Å². The smallest absolute Gasteiger partial charge is 0.244 e. The van der Waals surface area contributed by atoms with Gasteiger partial charge in [0.1, 0.15) is 10.7 Å². The fraction of sp³-hybridized carbons (Fsp3) is 0.583. The summed E-state index contributed by atoms with van der Waals surface area (Å²) in [5.74, 6) is 0.665. The van der Waals surface area contributed by atoms with Crippen molar-refractivity contribution >= 4 is 15.8 Å². The van der Waals surface area contributed by atoms with E-state index in [4.69, 9.17) is 5.73 Å². The first kappa shape index (κ1) is 15.9. The summed E-state index contributed by atoms with van der Waals surface area (Å²) in [6.45, 7) is 2.68. The summed E-state index contributed by atoms with van der Waals surface area (Å²) in [6.07, 6.45) is 3.17. The number of hydrogen-bond donors (Lipinski definition) is 2. The number of anilines is 1. The topological polar surface area (TPSA) is 88.3 Å². The molecule has 0 aliphatic heterocycles. The lowest BCUT2D eigenvalue weighted by Gasteiger charge is -2.17. The largest absolute Gasteiger partial charge is 0.367 e. The predicted octanol–water partition coefficient (Wildman–Crippen LogP) is 0.871. The van der Waals surface area contributed by atoms with Gasteiger partial charge < -0.3 is 11.1 Å². The fourth-order valence-corrected chi connectivity index (χ4v) is 2.47. The SMILES string of the molecule is CCC(CCN)Nc1ccc(S(=O)(=O)N(C)C)cn1. The van der Waals surface area contributed by atoms with Gasteiger partial charge in [-0.15, -0.1) is 0 Å². The van der Waals surface area contributed by atoms with Crippen LogP contribution in [0.1, 0.15) is 19.8 Å². The first-order valence-corrected chi connectivity index (χ1v) is 7.71. The van der Waals surface area contributed by atoms with Crippen LogP contribution in [0.2, 0.25) is 0 Å². The standard InChI is InChI=1S/C12H22N4O2S/c1-4-10(7-8-13)15-12-6-5-11(9-14-12)19(17,18)16(2)3/h5-6,9-10H,4,7-8,13H2,1-3H3,(H,14,15). The van der Waals surface area contributed by atoms with Gasteiger partial charge in [-0.25, -0.2) is 17.7 Å². The molecule has 1 aromatic heterocycles. The molecule has 0 aliphatic rings. The van der Waals surface area contributed by atoms with E-state index in [1.807, 2.05) is 0 Å². The highest BCUT2D eigenvalue weighted by Gasteiger charge is 2.17. The molecule has 0 spiro atoms. The maximum atomic E-state index is 11.9. The number of nitrogens with zero attached hydrogens (tertiary/aromatic N) is 2. The van der Waals surface area contributed by atoms with Crippen molar-refractivity contribution in [1.29, 1.82) is 0 Å². The van der Waals surface area contributed by atoms with E-state index in [-0.39, 0.29) is 10.9 Å². The first-order valence-electron chi connectivity index (χ1n) is 6.27. The molecule has 1 aromatic rings. The Morgan fingerprint density at radius 2 is 2.11 bits per heavy atom. The molecule has 108 valence electrons. The van der Waals surface area contributed by atoms with E-state index in [0.717, 1.165) is 12.8 Å². The lowest BCUT2D eigenvalue weighted by atomic mass is 10.1. The number of aromatic nitrogens is 1. The summed E-state index contributed by atoms with van der Waals surface area (Å²) < 4.78 is 24.9. The second-order valence-corrected chi connectivity index (χ2v) is 6.65. The van der Waals surface area contributed by atoms with E-state index in [1.165, 1.54) is 24.6 Å². The molecule has 1 heterocycles. The van der Waals surface area contributed by atoms with E-state index in [1.54, 1.807) is 12.1 Å². The molecule has 1 atom stereocenters. The number of hydrogen-bond acceptors (Lipinski definition) is 5. The molecule has 0 saturated carbocycles. The van der Waals surface area contributed by atoms with E-state index in [0.29, 0.717) is 12.4 Å². The molecule has 0 saturated heterocycles. The molecule has 3 N–H and O–H groups in total. The molecule has 6 nitrogen and oxygen atoms in total. The minimum absolute atomic E-state index is 0.190. The molecular weight excluding hydrogens is 264 g/mol. The highest BCUT2D eigenvalue weighted by molar-refractivity contribution is 7.89. The Kier molecular flexibility index (Phi) is 5.71. The second-order valence-electron chi connectivity index (χ2n) is 4.49. The van der Waals surface area contributed by atoms with Gasteiger partial charge in [0.2, 0.25) is 10.0 Å². The maximum absolute atomic E-state index is 11.9. The average molecular weight is 286 g/mol. The second kappa shape index (κ2) is 6.83.